The van der Waals surface area contributed by atoms with Crippen molar-refractivity contribution >= 4 is 21.2 Å². The lowest BCUT2D eigenvalue weighted by molar-refractivity contribution is -0.682. The van der Waals surface area contributed by atoms with E-state index in [1.807, 2.05) is 35.8 Å². The molecule has 0 aliphatic carbocycles. The maximum Gasteiger partial charge on any atom is 0.344 e. The molecule has 0 unspecified atom stereocenters. The first-order valence-corrected chi connectivity index (χ1v) is 6.91. The van der Waals surface area contributed by atoms with Crippen molar-refractivity contribution in [1.82, 2.24) is 0 Å². The van der Waals surface area contributed by atoms with Gasteiger partial charge in [-0.05, 0) is 6.07 Å². The minimum Gasteiger partial charge on any atom is -0.870 e. The van der Waals surface area contributed by atoms with Crippen molar-refractivity contribution in [2.45, 2.75) is 19.9 Å². The zero-order valence-corrected chi connectivity index (χ0v) is 10.7. The van der Waals surface area contributed by atoms with Crippen LogP contribution < -0.4 is 4.57 Å². The summed E-state index contributed by atoms with van der Waals surface area (Å²) in [6, 6.07) is 7.56. The molecule has 7 heteroatoms. The Morgan fingerprint density at radius 2 is 2.00 bits per heavy atom. The number of fused-ring (bicyclic) bond motifs is 1. The number of hydrogen-bond donors (Lipinski definition) is 1. The van der Waals surface area contributed by atoms with Gasteiger partial charge in [-0.1, -0.05) is 12.1 Å². The first-order chi connectivity index (χ1) is 7.97. The Labute approximate surface area is 105 Å². The minimum absolute atomic E-state index is 0. The zero-order chi connectivity index (χ0) is 12.5. The highest BCUT2D eigenvalue weighted by Gasteiger charge is 2.18. The van der Waals surface area contributed by atoms with Gasteiger partial charge in [-0.15, -0.1) is 0 Å². The number of benzene rings is 1. The van der Waals surface area contributed by atoms with Crippen molar-refractivity contribution in [3.8, 4) is 0 Å². The highest BCUT2D eigenvalue weighted by molar-refractivity contribution is 7.85. The number of para-hydroxylation sites is 2. The van der Waals surface area contributed by atoms with Crippen LogP contribution in [0.4, 0.5) is 0 Å². The third-order valence-corrected chi connectivity index (χ3v) is 3.38. The molecule has 2 rings (SSSR count). The van der Waals surface area contributed by atoms with Crippen molar-refractivity contribution in [3.63, 3.8) is 0 Å². The summed E-state index contributed by atoms with van der Waals surface area (Å²) in [6.07, 6.45) is 0.355. The summed E-state index contributed by atoms with van der Waals surface area (Å²) in [4.78, 5) is 0. The molecule has 0 spiro atoms. The monoisotopic (exact) mass is 273 g/mol. The molecule has 18 heavy (non-hydrogen) atoms. The van der Waals surface area contributed by atoms with Crippen molar-refractivity contribution in [3.05, 3.63) is 30.2 Å². The quantitative estimate of drug-likeness (QED) is 0.664. The first kappa shape index (κ1) is 14.6. The van der Waals surface area contributed by atoms with Gasteiger partial charge in [0, 0.05) is 12.5 Å². The van der Waals surface area contributed by atoms with Crippen LogP contribution in [-0.4, -0.2) is 24.2 Å². The van der Waals surface area contributed by atoms with E-state index in [-0.39, 0.29) is 11.2 Å². The number of nitrogens with zero attached hydrogens (tertiary/aromatic N) is 1. The molecule has 0 aliphatic heterocycles. The van der Waals surface area contributed by atoms with Crippen molar-refractivity contribution < 1.29 is 27.4 Å². The van der Waals surface area contributed by atoms with Crippen LogP contribution in [-0.2, 0) is 16.7 Å². The molecule has 2 N–H and O–H groups in total. The van der Waals surface area contributed by atoms with Gasteiger partial charge in [-0.25, -0.2) is 0 Å². The van der Waals surface area contributed by atoms with Crippen LogP contribution in [0.1, 0.15) is 12.3 Å². The molecule has 1 aromatic heterocycles. The summed E-state index contributed by atoms with van der Waals surface area (Å²) in [7, 11) is -3.89. The second-order valence-corrected chi connectivity index (χ2v) is 5.45. The highest BCUT2D eigenvalue weighted by atomic mass is 32.2. The predicted molar refractivity (Wildman–Crippen MR) is 64.1 cm³/mol. The summed E-state index contributed by atoms with van der Waals surface area (Å²) < 4.78 is 37.4. The molecule has 0 saturated heterocycles. The fourth-order valence-electron chi connectivity index (χ4n) is 1.83. The Morgan fingerprint density at radius 1 is 1.33 bits per heavy atom. The molecule has 0 radical (unpaired) electrons. The maximum atomic E-state index is 10.6. The van der Waals surface area contributed by atoms with E-state index in [0.29, 0.717) is 13.0 Å². The van der Waals surface area contributed by atoms with Gasteiger partial charge in [-0.3, -0.25) is 4.55 Å². The number of aromatic nitrogens is 1. The molecular weight excluding hydrogens is 258 g/mol. The third-order valence-electron chi connectivity index (χ3n) is 2.58. The topological polar surface area (TPSA) is 101 Å². The molecule has 1 heterocycles. The Morgan fingerprint density at radius 3 is 2.67 bits per heavy atom. The summed E-state index contributed by atoms with van der Waals surface area (Å²) in [5, 5.41) is 0. The molecule has 0 atom stereocenters. The second-order valence-electron chi connectivity index (χ2n) is 3.88. The lowest BCUT2D eigenvalue weighted by Crippen LogP contribution is -2.36. The molecule has 0 amide bonds. The molecule has 0 aliphatic rings. The smallest absolute Gasteiger partial charge is 0.344 e. The fourth-order valence-corrected chi connectivity index (χ4v) is 2.33. The van der Waals surface area contributed by atoms with Crippen LogP contribution in [0.25, 0.3) is 11.1 Å². The van der Waals surface area contributed by atoms with Crippen LogP contribution in [0.3, 0.4) is 0 Å². The van der Waals surface area contributed by atoms with Crippen molar-refractivity contribution in [2.75, 3.05) is 5.75 Å². The standard InChI is InChI=1S/C11H13NO4S.H2O/c1-9-12(7-4-8-17(13,14)15)10-5-2-3-6-11(10)16-9;/h2-3,5-6H,4,7-8H2,1H3;1H2. The molecule has 1 aromatic carbocycles. The normalized spacial score (nSPS) is 11.4. The van der Waals surface area contributed by atoms with E-state index in [1.165, 1.54) is 0 Å². The molecule has 0 saturated carbocycles. The summed E-state index contributed by atoms with van der Waals surface area (Å²) in [6.45, 7) is 2.33. The van der Waals surface area contributed by atoms with Gasteiger partial charge in [0.25, 0.3) is 15.6 Å². The molecule has 0 bridgehead atoms. The van der Waals surface area contributed by atoms with Crippen molar-refractivity contribution in [1.29, 1.82) is 0 Å². The van der Waals surface area contributed by atoms with Gasteiger partial charge in [0.15, 0.2) is 6.54 Å². The predicted octanol–water partition coefficient (Wildman–Crippen LogP) is 1.13. The lowest BCUT2D eigenvalue weighted by Gasteiger charge is -1.95. The molecule has 0 fully saturated rings. The van der Waals surface area contributed by atoms with E-state index in [9.17, 15) is 8.42 Å². The van der Waals surface area contributed by atoms with Gasteiger partial charge < -0.3 is 9.89 Å². The average molecular weight is 273 g/mol. The van der Waals surface area contributed by atoms with E-state index >= 15 is 0 Å². The van der Waals surface area contributed by atoms with Gasteiger partial charge in [0.2, 0.25) is 5.58 Å². The Balaban J connectivity index is 0.00000162. The summed E-state index contributed by atoms with van der Waals surface area (Å²) in [5.41, 5.74) is 1.71. The van der Waals surface area contributed by atoms with Gasteiger partial charge in [0.1, 0.15) is 0 Å². The van der Waals surface area contributed by atoms with Crippen LogP contribution in [0.5, 0.6) is 0 Å². The van der Waals surface area contributed by atoms with E-state index in [1.54, 1.807) is 0 Å². The highest BCUT2D eigenvalue weighted by Crippen LogP contribution is 2.12. The molecule has 6 nitrogen and oxygen atoms in total. The SMILES string of the molecule is Cc1oc2ccccc2[n+]1CCCS(=O)(=O)O.[OH-]. The van der Waals surface area contributed by atoms with Crippen LogP contribution >= 0.6 is 0 Å². The van der Waals surface area contributed by atoms with E-state index in [0.717, 1.165) is 17.0 Å². The zero-order valence-electron chi connectivity index (χ0n) is 9.91. The first-order valence-electron chi connectivity index (χ1n) is 5.30. The van der Waals surface area contributed by atoms with Crippen molar-refractivity contribution in [2.24, 2.45) is 0 Å². The second kappa shape index (κ2) is 5.47. The maximum absolute atomic E-state index is 10.6. The Bertz CT molecular complexity index is 632. The van der Waals surface area contributed by atoms with Crippen LogP contribution in [0, 0.1) is 6.92 Å². The van der Waals surface area contributed by atoms with E-state index in [4.69, 9.17) is 8.97 Å². The van der Waals surface area contributed by atoms with Gasteiger partial charge >= 0.3 is 5.89 Å². The molecular formula is C11H15NO5S. The average Bonchev–Trinajstić information content (AvgIpc) is 2.54. The Hall–Kier alpha value is -1.44. The summed E-state index contributed by atoms with van der Waals surface area (Å²) >= 11 is 0. The number of aryl methyl sites for hydroxylation is 2. The number of hydrogen-bond acceptors (Lipinski definition) is 4. The molecule has 2 aromatic rings. The minimum atomic E-state index is -3.89. The van der Waals surface area contributed by atoms with Gasteiger partial charge in [-0.2, -0.15) is 13.0 Å². The number of oxazole rings is 1. The number of rotatable bonds is 4. The lowest BCUT2D eigenvalue weighted by atomic mass is 10.3. The fraction of sp³-hybridized carbons (Fsp3) is 0.364. The van der Waals surface area contributed by atoms with E-state index in [2.05, 4.69) is 0 Å². The van der Waals surface area contributed by atoms with Crippen LogP contribution in [0.15, 0.2) is 28.7 Å². The van der Waals surface area contributed by atoms with Crippen LogP contribution in [0.2, 0.25) is 0 Å². The van der Waals surface area contributed by atoms with E-state index < -0.39 is 10.1 Å². The Kier molecular flexibility index (Phi) is 4.44. The largest absolute Gasteiger partial charge is 0.870 e. The summed E-state index contributed by atoms with van der Waals surface area (Å²) in [5.74, 6) is 0.486. The van der Waals surface area contributed by atoms with Gasteiger partial charge in [0.05, 0.1) is 12.7 Å². The third kappa shape index (κ3) is 3.28. The molecule has 100 valence electrons.